The minimum Gasteiger partial charge on any atom is -0.352 e. The summed E-state index contributed by atoms with van der Waals surface area (Å²) in [6.45, 7) is 0.412. The first-order chi connectivity index (χ1) is 9.03. The summed E-state index contributed by atoms with van der Waals surface area (Å²) in [5, 5.41) is 0. The number of aromatic nitrogens is 3. The molecule has 102 valence electrons. The Bertz CT molecular complexity index is 651. The molecular formula is C11H15N5O2S. The Hall–Kier alpha value is -1.77. The number of hydrogen-bond donors (Lipinski definition) is 2. The Morgan fingerprint density at radius 3 is 2.84 bits per heavy atom. The highest BCUT2D eigenvalue weighted by molar-refractivity contribution is 7.89. The summed E-state index contributed by atoms with van der Waals surface area (Å²) in [7, 11) is -1.80. The quantitative estimate of drug-likeness (QED) is 0.787. The smallest absolute Gasteiger partial charge is 0.242 e. The molecule has 0 radical (unpaired) electrons. The summed E-state index contributed by atoms with van der Waals surface area (Å²) in [5.74, 6) is 0. The first-order valence-electron chi connectivity index (χ1n) is 5.63. The van der Waals surface area contributed by atoms with Crippen LogP contribution in [0, 0.1) is 0 Å². The first-order valence-corrected chi connectivity index (χ1v) is 7.11. The fraction of sp³-hybridized carbons (Fsp3) is 0.273. The zero-order valence-electron chi connectivity index (χ0n) is 10.4. The molecule has 0 aliphatic heterocycles. The van der Waals surface area contributed by atoms with Crippen LogP contribution in [-0.4, -0.2) is 23.0 Å². The summed E-state index contributed by atoms with van der Waals surface area (Å²) in [5.41, 5.74) is 6.88. The van der Waals surface area contributed by atoms with Gasteiger partial charge in [-0.15, -0.1) is 0 Å². The van der Waals surface area contributed by atoms with Crippen molar-refractivity contribution in [2.45, 2.75) is 18.0 Å². The van der Waals surface area contributed by atoms with Crippen molar-refractivity contribution in [1.82, 2.24) is 19.3 Å². The molecule has 0 unspecified atom stereocenters. The van der Waals surface area contributed by atoms with Crippen molar-refractivity contribution in [3.05, 3.63) is 42.2 Å². The van der Waals surface area contributed by atoms with Crippen LogP contribution in [0.3, 0.4) is 0 Å². The van der Waals surface area contributed by atoms with Gasteiger partial charge in [0.15, 0.2) is 0 Å². The van der Waals surface area contributed by atoms with Crippen LogP contribution in [0.25, 0.3) is 0 Å². The highest BCUT2D eigenvalue weighted by atomic mass is 32.2. The van der Waals surface area contributed by atoms with Crippen molar-refractivity contribution < 1.29 is 8.42 Å². The molecule has 0 aliphatic rings. The van der Waals surface area contributed by atoms with E-state index >= 15 is 0 Å². The standard InChI is InChI=1S/C11H15N5O2S/c1-16-7-11(4-10(16)5-12)19(17,18)15-6-9-2-3-13-8-14-9/h2-4,7-8,15H,5-6,12H2,1H3. The summed E-state index contributed by atoms with van der Waals surface area (Å²) in [6, 6.07) is 3.21. The van der Waals surface area contributed by atoms with Gasteiger partial charge in [-0.05, 0) is 12.1 Å². The van der Waals surface area contributed by atoms with E-state index in [0.717, 1.165) is 5.69 Å². The number of nitrogens with one attached hydrogen (secondary N) is 1. The minimum atomic E-state index is -3.56. The topological polar surface area (TPSA) is 103 Å². The third-order valence-corrected chi connectivity index (χ3v) is 4.06. The minimum absolute atomic E-state index is 0.123. The van der Waals surface area contributed by atoms with Crippen LogP contribution in [0.4, 0.5) is 0 Å². The average molecular weight is 281 g/mol. The molecule has 0 spiro atoms. The van der Waals surface area contributed by atoms with E-state index in [1.54, 1.807) is 29.9 Å². The normalized spacial score (nSPS) is 11.7. The molecule has 2 aromatic heterocycles. The maximum absolute atomic E-state index is 12.1. The molecule has 19 heavy (non-hydrogen) atoms. The molecule has 0 fully saturated rings. The van der Waals surface area contributed by atoms with E-state index in [9.17, 15) is 8.42 Å². The largest absolute Gasteiger partial charge is 0.352 e. The summed E-state index contributed by atoms with van der Waals surface area (Å²) in [6.07, 6.45) is 4.47. The summed E-state index contributed by atoms with van der Waals surface area (Å²) in [4.78, 5) is 7.92. The van der Waals surface area contributed by atoms with Gasteiger partial charge in [0, 0.05) is 31.7 Å². The molecular weight excluding hydrogens is 266 g/mol. The SMILES string of the molecule is Cn1cc(S(=O)(=O)NCc2ccncn2)cc1CN. The van der Waals surface area contributed by atoms with Gasteiger partial charge in [0.1, 0.15) is 6.33 Å². The Balaban J connectivity index is 2.14. The lowest BCUT2D eigenvalue weighted by Crippen LogP contribution is -2.23. The van der Waals surface area contributed by atoms with Crippen molar-refractivity contribution in [2.24, 2.45) is 12.8 Å². The van der Waals surface area contributed by atoms with Gasteiger partial charge in [0.25, 0.3) is 0 Å². The number of nitrogens with zero attached hydrogens (tertiary/aromatic N) is 3. The number of rotatable bonds is 5. The molecule has 2 aromatic rings. The van der Waals surface area contributed by atoms with Crippen molar-refractivity contribution >= 4 is 10.0 Å². The fourth-order valence-electron chi connectivity index (χ4n) is 1.60. The fourth-order valence-corrected chi connectivity index (χ4v) is 2.69. The molecule has 3 N–H and O–H groups in total. The predicted octanol–water partition coefficient (Wildman–Crippen LogP) is -0.248. The molecule has 0 saturated heterocycles. The first kappa shape index (κ1) is 13.7. The maximum Gasteiger partial charge on any atom is 0.242 e. The Morgan fingerprint density at radius 1 is 1.47 bits per heavy atom. The molecule has 2 rings (SSSR count). The highest BCUT2D eigenvalue weighted by Gasteiger charge is 2.17. The Kier molecular flexibility index (Phi) is 3.93. The molecule has 7 nitrogen and oxygen atoms in total. The van der Waals surface area contributed by atoms with Crippen LogP contribution >= 0.6 is 0 Å². The molecule has 0 saturated carbocycles. The highest BCUT2D eigenvalue weighted by Crippen LogP contribution is 2.13. The van der Waals surface area contributed by atoms with E-state index < -0.39 is 10.0 Å². The molecule has 0 aromatic carbocycles. The van der Waals surface area contributed by atoms with Gasteiger partial charge in [-0.3, -0.25) is 0 Å². The maximum atomic E-state index is 12.1. The number of nitrogens with two attached hydrogens (primary N) is 1. The van der Waals surface area contributed by atoms with E-state index in [2.05, 4.69) is 14.7 Å². The van der Waals surface area contributed by atoms with Crippen LogP contribution in [0.2, 0.25) is 0 Å². The van der Waals surface area contributed by atoms with Gasteiger partial charge < -0.3 is 10.3 Å². The van der Waals surface area contributed by atoms with Crippen molar-refractivity contribution in [3.8, 4) is 0 Å². The second-order valence-corrected chi connectivity index (χ2v) is 5.77. The lowest BCUT2D eigenvalue weighted by atomic mass is 10.4. The van der Waals surface area contributed by atoms with Crippen LogP contribution in [0.5, 0.6) is 0 Å². The van der Waals surface area contributed by atoms with Crippen LogP contribution in [0.1, 0.15) is 11.4 Å². The summed E-state index contributed by atoms with van der Waals surface area (Å²) < 4.78 is 28.3. The van der Waals surface area contributed by atoms with Gasteiger partial charge in [0.2, 0.25) is 10.0 Å². The Labute approximate surface area is 111 Å². The van der Waals surface area contributed by atoms with E-state index in [1.807, 2.05) is 0 Å². The monoisotopic (exact) mass is 281 g/mol. The van der Waals surface area contributed by atoms with Crippen molar-refractivity contribution in [3.63, 3.8) is 0 Å². The van der Waals surface area contributed by atoms with Crippen LogP contribution < -0.4 is 10.5 Å². The van der Waals surface area contributed by atoms with Gasteiger partial charge in [-0.2, -0.15) is 0 Å². The average Bonchev–Trinajstić information content (AvgIpc) is 2.80. The number of sulfonamides is 1. The lowest BCUT2D eigenvalue weighted by molar-refractivity contribution is 0.580. The second kappa shape index (κ2) is 5.47. The molecule has 8 heteroatoms. The third-order valence-electron chi connectivity index (χ3n) is 2.69. The molecule has 0 bridgehead atoms. The van der Waals surface area contributed by atoms with Gasteiger partial charge in [0.05, 0.1) is 17.1 Å². The van der Waals surface area contributed by atoms with E-state index in [4.69, 9.17) is 5.73 Å². The third kappa shape index (κ3) is 3.16. The molecule has 0 aliphatic carbocycles. The molecule has 0 amide bonds. The van der Waals surface area contributed by atoms with E-state index in [1.165, 1.54) is 12.5 Å². The lowest BCUT2D eigenvalue weighted by Gasteiger charge is -2.03. The predicted molar refractivity (Wildman–Crippen MR) is 69.4 cm³/mol. The summed E-state index contributed by atoms with van der Waals surface area (Å²) >= 11 is 0. The second-order valence-electron chi connectivity index (χ2n) is 4.01. The van der Waals surface area contributed by atoms with Crippen molar-refractivity contribution in [2.75, 3.05) is 0 Å². The Morgan fingerprint density at radius 2 is 2.26 bits per heavy atom. The van der Waals surface area contributed by atoms with Gasteiger partial charge >= 0.3 is 0 Å². The van der Waals surface area contributed by atoms with E-state index in [-0.39, 0.29) is 18.0 Å². The van der Waals surface area contributed by atoms with E-state index in [0.29, 0.717) is 5.69 Å². The van der Waals surface area contributed by atoms with Crippen LogP contribution in [0.15, 0.2) is 35.7 Å². The molecule has 0 atom stereocenters. The number of aryl methyl sites for hydroxylation is 1. The molecule has 2 heterocycles. The zero-order valence-corrected chi connectivity index (χ0v) is 11.3. The van der Waals surface area contributed by atoms with Gasteiger partial charge in [-0.1, -0.05) is 0 Å². The zero-order chi connectivity index (χ0) is 13.9. The van der Waals surface area contributed by atoms with Crippen molar-refractivity contribution in [1.29, 1.82) is 0 Å². The van der Waals surface area contributed by atoms with Gasteiger partial charge in [-0.25, -0.2) is 23.1 Å². The number of hydrogen-bond acceptors (Lipinski definition) is 5. The van der Waals surface area contributed by atoms with Crippen LogP contribution in [-0.2, 0) is 30.2 Å².